The maximum Gasteiger partial charge on any atom is 0.0710 e. The van der Waals surface area contributed by atoms with Crippen LogP contribution in [0.15, 0.2) is 10.5 Å². The van der Waals surface area contributed by atoms with E-state index in [-0.39, 0.29) is 0 Å². The summed E-state index contributed by atoms with van der Waals surface area (Å²) in [5.74, 6) is 0. The number of hydrogen-bond acceptors (Lipinski definition) is 4. The Hall–Kier alpha value is 0.0600. The van der Waals surface area contributed by atoms with Crippen molar-refractivity contribution in [2.75, 3.05) is 26.7 Å². The summed E-state index contributed by atoms with van der Waals surface area (Å²) in [4.78, 5) is 5.11. The lowest BCUT2D eigenvalue weighted by Gasteiger charge is -2.25. The van der Waals surface area contributed by atoms with E-state index in [1.807, 2.05) is 11.3 Å². The van der Waals surface area contributed by atoms with Crippen molar-refractivity contribution in [3.05, 3.63) is 20.3 Å². The Kier molecular flexibility index (Phi) is 4.60. The zero-order valence-electron chi connectivity index (χ0n) is 10.3. The SMILES string of the molecule is COC1CCN(C(CN)c2cc(Br)c(C)s2)C1. The van der Waals surface area contributed by atoms with E-state index < -0.39 is 0 Å². The van der Waals surface area contributed by atoms with Gasteiger partial charge in [0, 0.05) is 41.0 Å². The van der Waals surface area contributed by atoms with Crippen LogP contribution in [0.5, 0.6) is 0 Å². The Morgan fingerprint density at radius 3 is 2.94 bits per heavy atom. The molecule has 1 fully saturated rings. The largest absolute Gasteiger partial charge is 0.380 e. The van der Waals surface area contributed by atoms with Crippen LogP contribution in [0.25, 0.3) is 0 Å². The van der Waals surface area contributed by atoms with E-state index in [9.17, 15) is 0 Å². The number of likely N-dealkylation sites (tertiary alicyclic amines) is 1. The summed E-state index contributed by atoms with van der Waals surface area (Å²) in [5, 5.41) is 0. The smallest absolute Gasteiger partial charge is 0.0710 e. The van der Waals surface area contributed by atoms with Gasteiger partial charge in [0.1, 0.15) is 0 Å². The summed E-state index contributed by atoms with van der Waals surface area (Å²) in [6.07, 6.45) is 1.48. The van der Waals surface area contributed by atoms with Gasteiger partial charge in [-0.3, -0.25) is 4.90 Å². The van der Waals surface area contributed by atoms with E-state index in [0.717, 1.165) is 19.5 Å². The molecule has 0 spiro atoms. The molecule has 96 valence electrons. The van der Waals surface area contributed by atoms with Gasteiger partial charge in [-0.05, 0) is 35.3 Å². The van der Waals surface area contributed by atoms with Crippen molar-refractivity contribution >= 4 is 27.3 Å². The van der Waals surface area contributed by atoms with E-state index in [1.54, 1.807) is 7.11 Å². The van der Waals surface area contributed by atoms with Crippen molar-refractivity contribution in [2.24, 2.45) is 5.73 Å². The average molecular weight is 319 g/mol. The Bertz CT molecular complexity index is 363. The molecule has 5 heteroatoms. The molecule has 0 aliphatic carbocycles. The normalized spacial score (nSPS) is 23.2. The van der Waals surface area contributed by atoms with Crippen molar-refractivity contribution in [3.63, 3.8) is 0 Å². The van der Waals surface area contributed by atoms with Gasteiger partial charge in [0.05, 0.1) is 12.1 Å². The number of nitrogens with zero attached hydrogens (tertiary/aromatic N) is 1. The Labute approximate surface area is 115 Å². The third kappa shape index (κ3) is 2.90. The zero-order valence-corrected chi connectivity index (χ0v) is 12.7. The molecule has 2 rings (SSSR count). The van der Waals surface area contributed by atoms with Crippen molar-refractivity contribution in [1.82, 2.24) is 4.90 Å². The number of halogens is 1. The van der Waals surface area contributed by atoms with Gasteiger partial charge in [-0.1, -0.05) is 0 Å². The van der Waals surface area contributed by atoms with E-state index in [4.69, 9.17) is 10.5 Å². The minimum Gasteiger partial charge on any atom is -0.380 e. The predicted octanol–water partition coefficient (Wildman–Crippen LogP) is 2.54. The first-order valence-corrected chi connectivity index (χ1v) is 7.49. The highest BCUT2D eigenvalue weighted by atomic mass is 79.9. The summed E-state index contributed by atoms with van der Waals surface area (Å²) >= 11 is 5.41. The first-order chi connectivity index (χ1) is 8.15. The fraction of sp³-hybridized carbons (Fsp3) is 0.667. The lowest BCUT2D eigenvalue weighted by Crippen LogP contribution is -2.32. The quantitative estimate of drug-likeness (QED) is 0.927. The number of rotatable bonds is 4. The maximum atomic E-state index is 5.94. The molecule has 1 aromatic heterocycles. The van der Waals surface area contributed by atoms with E-state index in [0.29, 0.717) is 18.7 Å². The maximum absolute atomic E-state index is 5.94. The highest BCUT2D eigenvalue weighted by Gasteiger charge is 2.29. The molecular formula is C12H19BrN2OS. The second-order valence-corrected chi connectivity index (χ2v) is 6.59. The fourth-order valence-corrected chi connectivity index (χ4v) is 4.03. The molecule has 1 aromatic rings. The number of hydrogen-bond donors (Lipinski definition) is 1. The van der Waals surface area contributed by atoms with E-state index in [2.05, 4.69) is 33.8 Å². The van der Waals surface area contributed by atoms with Crippen LogP contribution in [0.1, 0.15) is 22.2 Å². The van der Waals surface area contributed by atoms with Gasteiger partial charge < -0.3 is 10.5 Å². The summed E-state index contributed by atoms with van der Waals surface area (Å²) in [6.45, 7) is 4.87. The van der Waals surface area contributed by atoms with Gasteiger partial charge in [0.2, 0.25) is 0 Å². The number of ether oxygens (including phenoxy) is 1. The molecule has 2 N–H and O–H groups in total. The van der Waals surface area contributed by atoms with Crippen molar-refractivity contribution < 1.29 is 4.74 Å². The van der Waals surface area contributed by atoms with Crippen molar-refractivity contribution in [1.29, 1.82) is 0 Å². The van der Waals surface area contributed by atoms with Crippen molar-refractivity contribution in [3.8, 4) is 0 Å². The van der Waals surface area contributed by atoms with Gasteiger partial charge in [0.25, 0.3) is 0 Å². The van der Waals surface area contributed by atoms with Crippen molar-refractivity contribution in [2.45, 2.75) is 25.5 Å². The molecule has 3 nitrogen and oxygen atoms in total. The first-order valence-electron chi connectivity index (χ1n) is 5.88. The Balaban J connectivity index is 2.11. The molecule has 17 heavy (non-hydrogen) atoms. The van der Waals surface area contributed by atoms with Gasteiger partial charge in [-0.2, -0.15) is 0 Å². The molecule has 0 bridgehead atoms. The molecule has 0 radical (unpaired) electrons. The van der Waals surface area contributed by atoms with Crippen LogP contribution in [-0.2, 0) is 4.74 Å². The highest BCUT2D eigenvalue weighted by molar-refractivity contribution is 9.10. The summed E-state index contributed by atoms with van der Waals surface area (Å²) in [6, 6.07) is 2.54. The minimum absolute atomic E-state index is 0.338. The van der Waals surface area contributed by atoms with E-state index >= 15 is 0 Å². The van der Waals surface area contributed by atoms with Crippen LogP contribution < -0.4 is 5.73 Å². The summed E-state index contributed by atoms with van der Waals surface area (Å²) in [7, 11) is 1.79. The van der Waals surface area contributed by atoms with Crippen LogP contribution in [-0.4, -0.2) is 37.7 Å². The highest BCUT2D eigenvalue weighted by Crippen LogP contribution is 2.34. The molecule has 0 aromatic carbocycles. The van der Waals surface area contributed by atoms with Crippen LogP contribution in [0.3, 0.4) is 0 Å². The van der Waals surface area contributed by atoms with Gasteiger partial charge in [-0.15, -0.1) is 11.3 Å². The molecule has 2 atom stereocenters. The molecule has 1 aliphatic heterocycles. The third-order valence-electron chi connectivity index (χ3n) is 3.38. The van der Waals surface area contributed by atoms with Crippen LogP contribution in [0, 0.1) is 6.92 Å². The Morgan fingerprint density at radius 2 is 2.47 bits per heavy atom. The molecule has 0 saturated carbocycles. The topological polar surface area (TPSA) is 38.5 Å². The first kappa shape index (κ1) is 13.5. The van der Waals surface area contributed by atoms with Gasteiger partial charge in [-0.25, -0.2) is 0 Å². The van der Waals surface area contributed by atoms with E-state index in [1.165, 1.54) is 14.2 Å². The second-order valence-electron chi connectivity index (χ2n) is 4.45. The third-order valence-corrected chi connectivity index (χ3v) is 5.62. The van der Waals surface area contributed by atoms with Gasteiger partial charge in [0.15, 0.2) is 0 Å². The number of methoxy groups -OCH3 is 1. The number of aryl methyl sites for hydroxylation is 1. The molecule has 2 heterocycles. The van der Waals surface area contributed by atoms with Gasteiger partial charge >= 0.3 is 0 Å². The molecule has 2 unspecified atom stereocenters. The lowest BCUT2D eigenvalue weighted by molar-refractivity contribution is 0.102. The minimum atomic E-state index is 0.338. The molecule has 1 aliphatic rings. The summed E-state index contributed by atoms with van der Waals surface area (Å²) < 4.78 is 6.61. The van der Waals surface area contributed by atoms with Crippen LogP contribution in [0.2, 0.25) is 0 Å². The Morgan fingerprint density at radius 1 is 1.71 bits per heavy atom. The average Bonchev–Trinajstić information content (AvgIpc) is 2.89. The molecule has 1 saturated heterocycles. The number of nitrogens with two attached hydrogens (primary N) is 1. The monoisotopic (exact) mass is 318 g/mol. The fourth-order valence-electron chi connectivity index (χ4n) is 2.32. The van der Waals surface area contributed by atoms with Crippen LogP contribution in [0.4, 0.5) is 0 Å². The molecular weight excluding hydrogens is 300 g/mol. The number of thiophene rings is 1. The second kappa shape index (κ2) is 5.80. The standard InChI is InChI=1S/C12H19BrN2OS/c1-8-10(13)5-12(17-8)11(6-14)15-4-3-9(7-15)16-2/h5,9,11H,3-4,6-7,14H2,1-2H3. The summed E-state index contributed by atoms with van der Waals surface area (Å²) in [5.41, 5.74) is 5.94. The zero-order chi connectivity index (χ0) is 12.4. The van der Waals surface area contributed by atoms with Crippen LogP contribution >= 0.6 is 27.3 Å². The predicted molar refractivity (Wildman–Crippen MR) is 75.5 cm³/mol. The lowest BCUT2D eigenvalue weighted by atomic mass is 10.2. The molecule has 0 amide bonds.